The molecule has 3 aliphatic rings. The van der Waals surface area contributed by atoms with Gasteiger partial charge in [0.2, 0.25) is 11.8 Å². The van der Waals surface area contributed by atoms with Gasteiger partial charge in [0.25, 0.3) is 0 Å². The summed E-state index contributed by atoms with van der Waals surface area (Å²) < 4.78 is 5.67. The number of carbonyl (C=O) groups excluding carboxylic acids is 2. The minimum atomic E-state index is 0.000271. The molecule has 1 unspecified atom stereocenters. The van der Waals surface area contributed by atoms with Crippen LogP contribution in [0, 0.1) is 5.41 Å². The number of hydrogen-bond acceptors (Lipinski definition) is 5. The number of nitrogens with zero attached hydrogens (tertiary/aromatic N) is 3. The zero-order chi connectivity index (χ0) is 19.4. The van der Waals surface area contributed by atoms with Gasteiger partial charge in [0.1, 0.15) is 0 Å². The van der Waals surface area contributed by atoms with Gasteiger partial charge in [0.15, 0.2) is 0 Å². The number of pyridine rings is 1. The summed E-state index contributed by atoms with van der Waals surface area (Å²) in [6.45, 7) is 5.33. The Morgan fingerprint density at radius 2 is 2.04 bits per heavy atom. The van der Waals surface area contributed by atoms with Crippen LogP contribution < -0.4 is 5.32 Å². The fourth-order valence-corrected chi connectivity index (χ4v) is 4.67. The summed E-state index contributed by atoms with van der Waals surface area (Å²) in [5, 5.41) is 3.28. The molecule has 28 heavy (non-hydrogen) atoms. The predicted molar refractivity (Wildman–Crippen MR) is 104 cm³/mol. The zero-order valence-corrected chi connectivity index (χ0v) is 16.4. The standard InChI is InChI=1S/C21H30N4O3/c26-19-1-4-21(16-25(19)15-17-2-7-22-8-3-17)5-10-24(11-6-21)20(27)13-18-14-23-9-12-28-18/h2-3,7-8,18,23H,1,4-6,9-16H2. The van der Waals surface area contributed by atoms with Gasteiger partial charge in [-0.3, -0.25) is 14.6 Å². The number of piperidine rings is 2. The van der Waals surface area contributed by atoms with Crippen LogP contribution in [0.1, 0.15) is 37.7 Å². The van der Waals surface area contributed by atoms with Gasteiger partial charge in [-0.1, -0.05) is 0 Å². The van der Waals surface area contributed by atoms with Gasteiger partial charge in [-0.15, -0.1) is 0 Å². The van der Waals surface area contributed by atoms with E-state index in [1.807, 2.05) is 21.9 Å². The van der Waals surface area contributed by atoms with Crippen LogP contribution in [-0.4, -0.2) is 72.0 Å². The minimum absolute atomic E-state index is 0.000271. The minimum Gasteiger partial charge on any atom is -0.375 e. The summed E-state index contributed by atoms with van der Waals surface area (Å²) in [6.07, 6.45) is 7.51. The van der Waals surface area contributed by atoms with E-state index in [-0.39, 0.29) is 23.3 Å². The molecule has 0 saturated carbocycles. The van der Waals surface area contributed by atoms with Crippen molar-refractivity contribution in [3.8, 4) is 0 Å². The van der Waals surface area contributed by atoms with Gasteiger partial charge in [-0.2, -0.15) is 0 Å². The number of amides is 2. The van der Waals surface area contributed by atoms with Crippen LogP contribution in [0.3, 0.4) is 0 Å². The van der Waals surface area contributed by atoms with Crippen molar-refractivity contribution in [2.45, 2.75) is 44.8 Å². The Hall–Kier alpha value is -1.99. The fraction of sp³-hybridized carbons (Fsp3) is 0.667. The first-order valence-electron chi connectivity index (χ1n) is 10.4. The Balaban J connectivity index is 1.31. The molecular formula is C21H30N4O3. The highest BCUT2D eigenvalue weighted by atomic mass is 16.5. The summed E-state index contributed by atoms with van der Waals surface area (Å²) in [5.74, 6) is 0.437. The highest BCUT2D eigenvalue weighted by Gasteiger charge is 2.41. The molecule has 3 saturated heterocycles. The number of hydrogen-bond donors (Lipinski definition) is 1. The van der Waals surface area contributed by atoms with Crippen molar-refractivity contribution in [1.82, 2.24) is 20.1 Å². The van der Waals surface area contributed by atoms with Crippen molar-refractivity contribution in [2.75, 3.05) is 39.3 Å². The highest BCUT2D eigenvalue weighted by molar-refractivity contribution is 5.78. The Labute approximate surface area is 166 Å². The molecule has 1 aromatic rings. The van der Waals surface area contributed by atoms with Crippen molar-refractivity contribution in [3.05, 3.63) is 30.1 Å². The van der Waals surface area contributed by atoms with E-state index in [4.69, 9.17) is 4.74 Å². The smallest absolute Gasteiger partial charge is 0.225 e. The maximum atomic E-state index is 12.6. The number of ether oxygens (including phenoxy) is 1. The van der Waals surface area contributed by atoms with Crippen molar-refractivity contribution in [1.29, 1.82) is 0 Å². The largest absolute Gasteiger partial charge is 0.375 e. The third-order valence-corrected chi connectivity index (χ3v) is 6.45. The third-order valence-electron chi connectivity index (χ3n) is 6.45. The van der Waals surface area contributed by atoms with E-state index in [1.54, 1.807) is 12.4 Å². The quantitative estimate of drug-likeness (QED) is 0.841. The molecule has 4 rings (SSSR count). The molecule has 1 spiro atoms. The Morgan fingerprint density at radius 1 is 1.25 bits per heavy atom. The van der Waals surface area contributed by atoms with Crippen molar-refractivity contribution >= 4 is 11.8 Å². The van der Waals surface area contributed by atoms with Gasteiger partial charge >= 0.3 is 0 Å². The Morgan fingerprint density at radius 3 is 2.75 bits per heavy atom. The van der Waals surface area contributed by atoms with Gasteiger partial charge in [-0.05, 0) is 42.4 Å². The number of rotatable bonds is 4. The van der Waals surface area contributed by atoms with E-state index in [9.17, 15) is 9.59 Å². The van der Waals surface area contributed by atoms with E-state index in [2.05, 4.69) is 10.3 Å². The highest BCUT2D eigenvalue weighted by Crippen LogP contribution is 2.40. The topological polar surface area (TPSA) is 74.8 Å². The first-order chi connectivity index (χ1) is 13.6. The fourth-order valence-electron chi connectivity index (χ4n) is 4.67. The molecule has 0 aliphatic carbocycles. The molecule has 1 atom stereocenters. The van der Waals surface area contributed by atoms with Crippen LogP contribution >= 0.6 is 0 Å². The molecule has 4 heterocycles. The lowest BCUT2D eigenvalue weighted by Gasteiger charge is -2.47. The van der Waals surface area contributed by atoms with Crippen LogP contribution in [0.5, 0.6) is 0 Å². The average molecular weight is 386 g/mol. The molecule has 1 aromatic heterocycles. The lowest BCUT2D eigenvalue weighted by Crippen LogP contribution is -2.52. The molecule has 3 aliphatic heterocycles. The summed E-state index contributed by atoms with van der Waals surface area (Å²) in [4.78, 5) is 33.1. The average Bonchev–Trinajstić information content (AvgIpc) is 2.73. The molecule has 0 radical (unpaired) electrons. The zero-order valence-electron chi connectivity index (χ0n) is 16.4. The number of nitrogens with one attached hydrogen (secondary N) is 1. The van der Waals surface area contributed by atoms with E-state index in [1.165, 1.54) is 0 Å². The van der Waals surface area contributed by atoms with Gasteiger partial charge < -0.3 is 19.9 Å². The van der Waals surface area contributed by atoms with Crippen molar-refractivity contribution < 1.29 is 14.3 Å². The van der Waals surface area contributed by atoms with Crippen LogP contribution in [-0.2, 0) is 20.9 Å². The second-order valence-corrected chi connectivity index (χ2v) is 8.39. The number of likely N-dealkylation sites (tertiary alicyclic amines) is 2. The van der Waals surface area contributed by atoms with E-state index in [0.717, 1.165) is 57.5 Å². The number of aromatic nitrogens is 1. The van der Waals surface area contributed by atoms with Crippen LogP contribution in [0.4, 0.5) is 0 Å². The summed E-state index contributed by atoms with van der Waals surface area (Å²) in [5.41, 5.74) is 1.27. The van der Waals surface area contributed by atoms with Gasteiger partial charge in [0.05, 0.1) is 19.1 Å². The molecular weight excluding hydrogens is 356 g/mol. The monoisotopic (exact) mass is 386 g/mol. The number of carbonyl (C=O) groups is 2. The number of morpholine rings is 1. The third kappa shape index (κ3) is 4.52. The summed E-state index contributed by atoms with van der Waals surface area (Å²) >= 11 is 0. The van der Waals surface area contributed by atoms with E-state index >= 15 is 0 Å². The summed E-state index contributed by atoms with van der Waals surface area (Å²) in [6, 6.07) is 3.94. The molecule has 7 heteroatoms. The van der Waals surface area contributed by atoms with Crippen molar-refractivity contribution in [2.24, 2.45) is 5.41 Å². The van der Waals surface area contributed by atoms with E-state index in [0.29, 0.717) is 26.0 Å². The van der Waals surface area contributed by atoms with Gasteiger partial charge in [-0.25, -0.2) is 0 Å². The Kier molecular flexibility index (Phi) is 5.92. The molecule has 2 amide bonds. The predicted octanol–water partition coefficient (Wildman–Crippen LogP) is 1.19. The van der Waals surface area contributed by atoms with E-state index < -0.39 is 0 Å². The van der Waals surface area contributed by atoms with Crippen molar-refractivity contribution in [3.63, 3.8) is 0 Å². The second kappa shape index (κ2) is 8.57. The maximum Gasteiger partial charge on any atom is 0.225 e. The lowest BCUT2D eigenvalue weighted by atomic mass is 9.72. The molecule has 0 aromatic carbocycles. The molecule has 1 N–H and O–H groups in total. The summed E-state index contributed by atoms with van der Waals surface area (Å²) in [7, 11) is 0. The van der Waals surface area contributed by atoms with Crippen LogP contribution in [0.25, 0.3) is 0 Å². The lowest BCUT2D eigenvalue weighted by molar-refractivity contribution is -0.144. The normalized spacial score (nSPS) is 25.1. The molecule has 7 nitrogen and oxygen atoms in total. The molecule has 3 fully saturated rings. The molecule has 0 bridgehead atoms. The Bertz CT molecular complexity index is 682. The van der Waals surface area contributed by atoms with Gasteiger partial charge in [0, 0.05) is 58.1 Å². The molecule has 152 valence electrons. The first kappa shape index (κ1) is 19.3. The SMILES string of the molecule is O=C(CC1CNCCO1)N1CCC2(CCC(=O)N(Cc3ccncc3)C2)CC1. The van der Waals surface area contributed by atoms with Crippen LogP contribution in [0.15, 0.2) is 24.5 Å². The van der Waals surface area contributed by atoms with Crippen LogP contribution in [0.2, 0.25) is 0 Å². The second-order valence-electron chi connectivity index (χ2n) is 8.39. The maximum absolute atomic E-state index is 12.6. The first-order valence-corrected chi connectivity index (χ1v) is 10.4.